The molecule has 2 heteroatoms. The third-order valence-corrected chi connectivity index (χ3v) is 6.62. The number of amides is 1. The van der Waals surface area contributed by atoms with Crippen LogP contribution in [0, 0.1) is 6.92 Å². The van der Waals surface area contributed by atoms with Crippen LogP contribution < -0.4 is 0 Å². The minimum Gasteiger partial charge on any atom is -0.339 e. The van der Waals surface area contributed by atoms with Crippen molar-refractivity contribution in [3.8, 4) is 0 Å². The Morgan fingerprint density at radius 3 is 1.44 bits per heavy atom. The molecule has 0 aromatic heterocycles. The van der Waals surface area contributed by atoms with Crippen LogP contribution in [0.4, 0.5) is 0 Å². The lowest BCUT2D eigenvalue weighted by Gasteiger charge is -2.23. The molecule has 1 aromatic carbocycles. The average Bonchev–Trinajstić information content (AvgIpc) is 2.80. The van der Waals surface area contributed by atoms with Crippen molar-refractivity contribution >= 4 is 5.91 Å². The zero-order valence-electron chi connectivity index (χ0n) is 21.8. The fraction of sp³-hybridized carbons (Fsp3) is 0.767. The average molecular weight is 444 g/mol. The highest BCUT2D eigenvalue weighted by atomic mass is 16.2. The van der Waals surface area contributed by atoms with Crippen LogP contribution in [0.15, 0.2) is 24.3 Å². The van der Waals surface area contributed by atoms with Gasteiger partial charge < -0.3 is 4.90 Å². The third-order valence-electron chi connectivity index (χ3n) is 6.62. The van der Waals surface area contributed by atoms with E-state index >= 15 is 0 Å². The summed E-state index contributed by atoms with van der Waals surface area (Å²) in [7, 11) is 0. The van der Waals surface area contributed by atoms with Crippen LogP contribution in [-0.2, 0) is 0 Å². The summed E-state index contributed by atoms with van der Waals surface area (Å²) in [5.41, 5.74) is 2.03. The summed E-state index contributed by atoms with van der Waals surface area (Å²) in [4.78, 5) is 15.3. The van der Waals surface area contributed by atoms with E-state index < -0.39 is 0 Å². The molecule has 0 saturated heterocycles. The molecule has 0 radical (unpaired) electrons. The molecule has 0 N–H and O–H groups in total. The molecular weight excluding hydrogens is 390 g/mol. The van der Waals surface area contributed by atoms with Gasteiger partial charge >= 0.3 is 0 Å². The molecule has 0 fully saturated rings. The molecule has 0 unspecified atom stereocenters. The maximum Gasteiger partial charge on any atom is 0.253 e. The number of benzene rings is 1. The molecule has 0 bridgehead atoms. The van der Waals surface area contributed by atoms with Crippen LogP contribution in [0.2, 0.25) is 0 Å². The van der Waals surface area contributed by atoms with E-state index in [0.29, 0.717) is 0 Å². The third kappa shape index (κ3) is 14.7. The fourth-order valence-electron chi connectivity index (χ4n) is 4.50. The lowest BCUT2D eigenvalue weighted by Crippen LogP contribution is -2.33. The molecule has 0 spiro atoms. The fourth-order valence-corrected chi connectivity index (χ4v) is 4.50. The van der Waals surface area contributed by atoms with E-state index in [1.807, 2.05) is 18.2 Å². The summed E-state index contributed by atoms with van der Waals surface area (Å²) in [5.74, 6) is 0.229. The van der Waals surface area contributed by atoms with Gasteiger partial charge in [-0.25, -0.2) is 0 Å². The first kappa shape index (κ1) is 28.7. The summed E-state index contributed by atoms with van der Waals surface area (Å²) < 4.78 is 0. The highest BCUT2D eigenvalue weighted by Crippen LogP contribution is 2.14. The number of nitrogens with zero attached hydrogens (tertiary/aromatic N) is 1. The standard InChI is InChI=1S/C30H53NO/c1-4-6-8-10-12-14-16-18-20-25-31(30(32)29-24-22-23-28(3)27-29)26-21-19-17-15-13-11-9-7-5-2/h22-24,27H,4-21,25-26H2,1-3H3. The SMILES string of the molecule is CCCCCCCCCCCN(CCCCCCCCCCC)C(=O)c1cccc(C)c1. The first-order valence-electron chi connectivity index (χ1n) is 14.0. The maximum atomic E-state index is 13.2. The highest BCUT2D eigenvalue weighted by Gasteiger charge is 2.15. The van der Waals surface area contributed by atoms with Gasteiger partial charge in [0.2, 0.25) is 0 Å². The Morgan fingerprint density at radius 1 is 0.625 bits per heavy atom. The second-order valence-electron chi connectivity index (χ2n) is 9.82. The highest BCUT2D eigenvalue weighted by molar-refractivity contribution is 5.94. The summed E-state index contributed by atoms with van der Waals surface area (Å²) in [6, 6.07) is 8.11. The van der Waals surface area contributed by atoms with Crippen molar-refractivity contribution in [1.29, 1.82) is 0 Å². The summed E-state index contributed by atoms with van der Waals surface area (Å²) in [5, 5.41) is 0. The first-order chi connectivity index (χ1) is 15.7. The second-order valence-corrected chi connectivity index (χ2v) is 9.82. The predicted octanol–water partition coefficient (Wildman–Crippen LogP) is 9.50. The largest absolute Gasteiger partial charge is 0.339 e. The summed E-state index contributed by atoms with van der Waals surface area (Å²) >= 11 is 0. The van der Waals surface area contributed by atoms with Gasteiger partial charge in [0.1, 0.15) is 0 Å². The Hall–Kier alpha value is -1.31. The van der Waals surface area contributed by atoms with Gasteiger partial charge in [-0.1, -0.05) is 134 Å². The van der Waals surface area contributed by atoms with Crippen LogP contribution >= 0.6 is 0 Å². The molecule has 32 heavy (non-hydrogen) atoms. The Kier molecular flexibility index (Phi) is 18.2. The molecule has 1 amide bonds. The topological polar surface area (TPSA) is 20.3 Å². The Balaban J connectivity index is 2.32. The molecule has 1 rings (SSSR count). The zero-order chi connectivity index (χ0) is 23.3. The van der Waals surface area contributed by atoms with Crippen LogP contribution in [0.5, 0.6) is 0 Å². The molecular formula is C30H53NO. The van der Waals surface area contributed by atoms with E-state index in [1.54, 1.807) is 0 Å². The molecule has 1 aromatic rings. The van der Waals surface area contributed by atoms with Gasteiger partial charge in [0.25, 0.3) is 5.91 Å². The number of hydrogen-bond acceptors (Lipinski definition) is 1. The quantitative estimate of drug-likeness (QED) is 0.173. The van der Waals surface area contributed by atoms with Crippen LogP contribution in [-0.4, -0.2) is 23.9 Å². The number of carbonyl (C=O) groups is 1. The Labute approximate surface area is 200 Å². The van der Waals surface area contributed by atoms with Gasteiger partial charge in [-0.05, 0) is 31.9 Å². The number of unbranched alkanes of at least 4 members (excludes halogenated alkanes) is 16. The number of carbonyl (C=O) groups excluding carboxylic acids is 1. The smallest absolute Gasteiger partial charge is 0.253 e. The van der Waals surface area contributed by atoms with Gasteiger partial charge in [-0.2, -0.15) is 0 Å². The van der Waals surface area contributed by atoms with Crippen molar-refractivity contribution < 1.29 is 4.79 Å². The van der Waals surface area contributed by atoms with Crippen molar-refractivity contribution in [3.63, 3.8) is 0 Å². The van der Waals surface area contributed by atoms with Gasteiger partial charge in [0, 0.05) is 18.7 Å². The van der Waals surface area contributed by atoms with Gasteiger partial charge in [0.15, 0.2) is 0 Å². The maximum absolute atomic E-state index is 13.2. The minimum absolute atomic E-state index is 0.229. The molecule has 0 saturated carbocycles. The Morgan fingerprint density at radius 2 is 1.03 bits per heavy atom. The van der Waals surface area contributed by atoms with E-state index in [4.69, 9.17) is 0 Å². The molecule has 0 aliphatic carbocycles. The van der Waals surface area contributed by atoms with E-state index in [-0.39, 0.29) is 5.91 Å². The summed E-state index contributed by atoms with van der Waals surface area (Å²) in [6.45, 7) is 8.46. The van der Waals surface area contributed by atoms with E-state index in [2.05, 4.69) is 31.7 Å². The lowest BCUT2D eigenvalue weighted by molar-refractivity contribution is 0.0749. The molecule has 0 heterocycles. The predicted molar refractivity (Wildman–Crippen MR) is 142 cm³/mol. The van der Waals surface area contributed by atoms with Gasteiger partial charge in [0.05, 0.1) is 0 Å². The van der Waals surface area contributed by atoms with Crippen molar-refractivity contribution in [2.24, 2.45) is 0 Å². The number of hydrogen-bond donors (Lipinski definition) is 0. The van der Waals surface area contributed by atoms with Crippen molar-refractivity contribution in [2.45, 2.75) is 136 Å². The number of rotatable bonds is 21. The van der Waals surface area contributed by atoms with E-state index in [9.17, 15) is 4.79 Å². The number of aryl methyl sites for hydroxylation is 1. The molecule has 2 nitrogen and oxygen atoms in total. The summed E-state index contributed by atoms with van der Waals surface area (Å²) in [6.07, 6.45) is 23.9. The van der Waals surface area contributed by atoms with Crippen LogP contribution in [0.25, 0.3) is 0 Å². The monoisotopic (exact) mass is 443 g/mol. The second kappa shape index (κ2) is 20.3. The Bertz CT molecular complexity index is 546. The minimum atomic E-state index is 0.229. The van der Waals surface area contributed by atoms with E-state index in [1.165, 1.54) is 108 Å². The normalized spacial score (nSPS) is 11.1. The van der Waals surface area contributed by atoms with Crippen molar-refractivity contribution in [3.05, 3.63) is 35.4 Å². The molecule has 0 aliphatic heterocycles. The van der Waals surface area contributed by atoms with Gasteiger partial charge in [-0.15, -0.1) is 0 Å². The van der Waals surface area contributed by atoms with Crippen molar-refractivity contribution in [2.75, 3.05) is 13.1 Å². The first-order valence-corrected chi connectivity index (χ1v) is 14.0. The van der Waals surface area contributed by atoms with Crippen LogP contribution in [0.3, 0.4) is 0 Å². The molecule has 184 valence electrons. The zero-order valence-corrected chi connectivity index (χ0v) is 21.8. The van der Waals surface area contributed by atoms with Crippen LogP contribution in [0.1, 0.15) is 145 Å². The van der Waals surface area contributed by atoms with Crippen molar-refractivity contribution in [1.82, 2.24) is 4.90 Å². The van der Waals surface area contributed by atoms with Gasteiger partial charge in [-0.3, -0.25) is 4.79 Å². The van der Waals surface area contributed by atoms with E-state index in [0.717, 1.165) is 31.5 Å². The molecule has 0 aliphatic rings. The molecule has 0 atom stereocenters. The lowest BCUT2D eigenvalue weighted by atomic mass is 10.1.